The molecule has 0 spiro atoms. The van der Waals surface area contributed by atoms with Crippen molar-refractivity contribution in [2.75, 3.05) is 0 Å². The van der Waals surface area contributed by atoms with E-state index in [1.165, 1.54) is 6.07 Å². The Morgan fingerprint density at radius 2 is 1.94 bits per heavy atom. The average Bonchev–Trinajstić information content (AvgIpc) is 2.14. The van der Waals surface area contributed by atoms with Crippen molar-refractivity contribution in [3.8, 4) is 0 Å². The van der Waals surface area contributed by atoms with Gasteiger partial charge in [0.25, 0.3) is 0 Å². The molecule has 1 aromatic rings. The second-order valence-electron chi connectivity index (χ2n) is 4.24. The van der Waals surface area contributed by atoms with E-state index in [1.807, 2.05) is 6.07 Å². The van der Waals surface area contributed by atoms with E-state index in [0.717, 1.165) is 17.3 Å². The highest BCUT2D eigenvalue weighted by Crippen LogP contribution is 2.23. The molecule has 0 aliphatic heterocycles. The molecule has 0 aliphatic carbocycles. The van der Waals surface area contributed by atoms with Crippen LogP contribution in [-0.2, 0) is 0 Å². The summed E-state index contributed by atoms with van der Waals surface area (Å²) in [5, 5.41) is 0. The highest BCUT2D eigenvalue weighted by atomic mass is 79.9. The zero-order valence-corrected chi connectivity index (χ0v) is 11.9. The lowest BCUT2D eigenvalue weighted by Crippen LogP contribution is -2.13. The monoisotopic (exact) mass is 309 g/mol. The Bertz CT molecular complexity index is 331. The zero-order chi connectivity index (χ0) is 11.4. The van der Waals surface area contributed by atoms with Gasteiger partial charge in [0.1, 0.15) is 5.82 Å². The van der Waals surface area contributed by atoms with Gasteiger partial charge < -0.3 is 5.73 Å². The number of halogens is 3. The molecule has 0 unspecified atom stereocenters. The predicted molar refractivity (Wildman–Crippen MR) is 72.3 cm³/mol. The van der Waals surface area contributed by atoms with Gasteiger partial charge in [-0.1, -0.05) is 35.8 Å². The van der Waals surface area contributed by atoms with E-state index in [1.54, 1.807) is 6.07 Å². The summed E-state index contributed by atoms with van der Waals surface area (Å²) in [4.78, 5) is 0. The Labute approximate surface area is 111 Å². The second kappa shape index (κ2) is 7.25. The number of benzene rings is 1. The van der Waals surface area contributed by atoms with Crippen molar-refractivity contribution in [2.24, 2.45) is 11.7 Å². The molecule has 1 aromatic carbocycles. The van der Waals surface area contributed by atoms with Gasteiger partial charge in [0, 0.05) is 16.1 Å². The smallest absolute Gasteiger partial charge is 0.129 e. The van der Waals surface area contributed by atoms with Crippen LogP contribution in [0.15, 0.2) is 22.7 Å². The number of hydrogen-bond donors (Lipinski definition) is 1. The fourth-order valence-electron chi connectivity index (χ4n) is 1.47. The van der Waals surface area contributed by atoms with Gasteiger partial charge >= 0.3 is 0 Å². The lowest BCUT2D eigenvalue weighted by atomic mass is 9.98. The first-order valence-electron chi connectivity index (χ1n) is 5.21. The second-order valence-corrected chi connectivity index (χ2v) is 5.16. The average molecular weight is 311 g/mol. The number of hydrogen-bond acceptors (Lipinski definition) is 1. The Balaban J connectivity index is 0.00000225. The van der Waals surface area contributed by atoms with E-state index in [2.05, 4.69) is 29.8 Å². The van der Waals surface area contributed by atoms with Crippen LogP contribution in [0, 0.1) is 11.7 Å². The molecule has 0 radical (unpaired) electrons. The summed E-state index contributed by atoms with van der Waals surface area (Å²) in [5.41, 5.74) is 6.55. The molecule has 0 bridgehead atoms. The summed E-state index contributed by atoms with van der Waals surface area (Å²) in [7, 11) is 0. The molecule has 1 atom stereocenters. The van der Waals surface area contributed by atoms with Crippen LogP contribution in [-0.4, -0.2) is 0 Å². The van der Waals surface area contributed by atoms with Crippen LogP contribution in [0.3, 0.4) is 0 Å². The first-order valence-corrected chi connectivity index (χ1v) is 6.00. The molecule has 92 valence electrons. The Hall–Kier alpha value is -0.120. The van der Waals surface area contributed by atoms with E-state index in [-0.39, 0.29) is 24.3 Å². The van der Waals surface area contributed by atoms with E-state index in [4.69, 9.17) is 5.73 Å². The number of nitrogens with two attached hydrogens (primary N) is 1. The highest BCUT2D eigenvalue weighted by Gasteiger charge is 2.11. The molecule has 16 heavy (non-hydrogen) atoms. The van der Waals surface area contributed by atoms with E-state index in [9.17, 15) is 4.39 Å². The fraction of sp³-hybridized carbons (Fsp3) is 0.500. The summed E-state index contributed by atoms with van der Waals surface area (Å²) in [6.45, 7) is 4.29. The molecule has 4 heteroatoms. The van der Waals surface area contributed by atoms with Crippen molar-refractivity contribution >= 4 is 28.3 Å². The minimum atomic E-state index is -0.222. The SMILES string of the molecule is CC(C)CC[C@H](N)c1ccc(Br)cc1F.Cl. The third-order valence-corrected chi connectivity index (χ3v) is 2.91. The summed E-state index contributed by atoms with van der Waals surface area (Å²) in [6.07, 6.45) is 1.85. The van der Waals surface area contributed by atoms with E-state index >= 15 is 0 Å². The molecule has 0 aliphatic rings. The largest absolute Gasteiger partial charge is 0.324 e. The lowest BCUT2D eigenvalue weighted by molar-refractivity contribution is 0.491. The van der Waals surface area contributed by atoms with E-state index < -0.39 is 0 Å². The molecule has 0 amide bonds. The summed E-state index contributed by atoms with van der Waals surface area (Å²) in [6, 6.07) is 4.85. The fourth-order valence-corrected chi connectivity index (χ4v) is 1.80. The molecular weight excluding hydrogens is 292 g/mol. The Morgan fingerprint density at radius 3 is 2.44 bits per heavy atom. The molecule has 0 saturated carbocycles. The topological polar surface area (TPSA) is 26.0 Å². The zero-order valence-electron chi connectivity index (χ0n) is 9.54. The van der Waals surface area contributed by atoms with Gasteiger partial charge in [-0.2, -0.15) is 0 Å². The minimum absolute atomic E-state index is 0. The Kier molecular flexibility index (Phi) is 7.20. The van der Waals surface area contributed by atoms with E-state index in [0.29, 0.717) is 11.5 Å². The molecule has 1 nitrogen and oxygen atoms in total. The quantitative estimate of drug-likeness (QED) is 0.874. The maximum Gasteiger partial charge on any atom is 0.129 e. The van der Waals surface area contributed by atoms with Gasteiger partial charge in [0.05, 0.1) is 0 Å². The van der Waals surface area contributed by atoms with Crippen molar-refractivity contribution in [3.63, 3.8) is 0 Å². The highest BCUT2D eigenvalue weighted by molar-refractivity contribution is 9.10. The standard InChI is InChI=1S/C12H17BrFN.ClH/c1-8(2)3-6-12(15)10-5-4-9(13)7-11(10)14;/h4-5,7-8,12H,3,6,15H2,1-2H3;1H/t12-;/m0./s1. The molecule has 2 N–H and O–H groups in total. The van der Waals surface area contributed by atoms with Gasteiger partial charge in [-0.05, 0) is 30.9 Å². The first kappa shape index (κ1) is 15.9. The normalized spacial score (nSPS) is 12.4. The third kappa shape index (κ3) is 4.81. The van der Waals surface area contributed by atoms with Gasteiger partial charge in [-0.3, -0.25) is 0 Å². The number of rotatable bonds is 4. The summed E-state index contributed by atoms with van der Waals surface area (Å²) < 4.78 is 14.3. The third-order valence-electron chi connectivity index (χ3n) is 2.42. The van der Waals surface area contributed by atoms with Crippen molar-refractivity contribution < 1.29 is 4.39 Å². The maximum absolute atomic E-state index is 13.5. The lowest BCUT2D eigenvalue weighted by Gasteiger charge is -2.14. The van der Waals surface area contributed by atoms with Crippen molar-refractivity contribution in [2.45, 2.75) is 32.7 Å². The molecular formula is C12H18BrClFN. The summed E-state index contributed by atoms with van der Waals surface area (Å²) in [5.74, 6) is 0.384. The van der Waals surface area contributed by atoms with Crippen LogP contribution in [0.25, 0.3) is 0 Å². The van der Waals surface area contributed by atoms with Crippen molar-refractivity contribution in [1.82, 2.24) is 0 Å². The van der Waals surface area contributed by atoms with Crippen LogP contribution >= 0.6 is 28.3 Å². The molecule has 0 fully saturated rings. The molecule has 0 saturated heterocycles. The predicted octanol–water partition coefficient (Wildman–Crippen LogP) is 4.45. The minimum Gasteiger partial charge on any atom is -0.324 e. The maximum atomic E-state index is 13.5. The van der Waals surface area contributed by atoms with Crippen LogP contribution in [0.4, 0.5) is 4.39 Å². The first-order chi connectivity index (χ1) is 7.00. The van der Waals surface area contributed by atoms with Crippen molar-refractivity contribution in [3.05, 3.63) is 34.1 Å². The molecule has 0 heterocycles. The van der Waals surface area contributed by atoms with Gasteiger partial charge in [0.2, 0.25) is 0 Å². The Morgan fingerprint density at radius 1 is 1.31 bits per heavy atom. The van der Waals surface area contributed by atoms with Crippen LogP contribution in [0.1, 0.15) is 38.3 Å². The molecule has 0 aromatic heterocycles. The van der Waals surface area contributed by atoms with Gasteiger partial charge in [0.15, 0.2) is 0 Å². The van der Waals surface area contributed by atoms with Crippen LogP contribution in [0.2, 0.25) is 0 Å². The van der Waals surface area contributed by atoms with Crippen molar-refractivity contribution in [1.29, 1.82) is 0 Å². The summed E-state index contributed by atoms with van der Waals surface area (Å²) >= 11 is 3.23. The van der Waals surface area contributed by atoms with Gasteiger partial charge in [-0.15, -0.1) is 12.4 Å². The van der Waals surface area contributed by atoms with Crippen LogP contribution < -0.4 is 5.73 Å². The molecule has 1 rings (SSSR count). The van der Waals surface area contributed by atoms with Crippen LogP contribution in [0.5, 0.6) is 0 Å². The van der Waals surface area contributed by atoms with Gasteiger partial charge in [-0.25, -0.2) is 4.39 Å².